The number of rotatable bonds is 4. The quantitative estimate of drug-likeness (QED) is 0.879. The van der Waals surface area contributed by atoms with E-state index in [0.29, 0.717) is 11.5 Å². The molecule has 0 unspecified atom stereocenters. The van der Waals surface area contributed by atoms with Crippen LogP contribution >= 0.6 is 0 Å². The van der Waals surface area contributed by atoms with Crippen LogP contribution in [0.2, 0.25) is 0 Å². The average Bonchev–Trinajstić information content (AvgIpc) is 2.48. The smallest absolute Gasteiger partial charge is 0.412 e. The second-order valence-corrected chi connectivity index (χ2v) is 6.63. The number of aromatic nitrogens is 1. The lowest BCUT2D eigenvalue weighted by Crippen LogP contribution is -2.27. The maximum absolute atomic E-state index is 11.7. The van der Waals surface area contributed by atoms with Crippen molar-refractivity contribution >= 4 is 29.0 Å². The molecule has 0 saturated carbocycles. The van der Waals surface area contributed by atoms with Gasteiger partial charge in [0.2, 0.25) is 0 Å². The van der Waals surface area contributed by atoms with E-state index < -0.39 is 11.7 Å². The molecule has 0 atom stereocenters. The average molecular weight is 328 g/mol. The van der Waals surface area contributed by atoms with Crippen molar-refractivity contribution in [3.8, 4) is 0 Å². The Morgan fingerprint density at radius 1 is 1.04 bits per heavy atom. The first kappa shape index (κ1) is 17.6. The molecule has 1 aromatic heterocycles. The van der Waals surface area contributed by atoms with Gasteiger partial charge in [0.1, 0.15) is 11.4 Å². The van der Waals surface area contributed by atoms with Gasteiger partial charge in [0.15, 0.2) is 0 Å². The van der Waals surface area contributed by atoms with E-state index in [9.17, 15) is 4.79 Å². The number of nitrogens with one attached hydrogen (secondary N) is 2. The van der Waals surface area contributed by atoms with Gasteiger partial charge in [0.05, 0.1) is 11.9 Å². The molecule has 0 bridgehead atoms. The molecule has 0 aliphatic heterocycles. The van der Waals surface area contributed by atoms with Gasteiger partial charge in [-0.15, -0.1) is 0 Å². The molecule has 0 saturated heterocycles. The fraction of sp³-hybridized carbons (Fsp3) is 0.333. The van der Waals surface area contributed by atoms with Gasteiger partial charge in [-0.05, 0) is 57.2 Å². The SMILES string of the molecule is CN(C)c1ccc(Nc2ccc(NC(=O)OC(C)(C)C)cn2)cc1. The van der Waals surface area contributed by atoms with Crippen LogP contribution in [0.3, 0.4) is 0 Å². The van der Waals surface area contributed by atoms with E-state index in [2.05, 4.69) is 15.6 Å². The summed E-state index contributed by atoms with van der Waals surface area (Å²) in [5.74, 6) is 0.697. The predicted molar refractivity (Wildman–Crippen MR) is 98.1 cm³/mol. The normalized spacial score (nSPS) is 10.9. The van der Waals surface area contributed by atoms with Crippen molar-refractivity contribution in [2.24, 2.45) is 0 Å². The van der Waals surface area contributed by atoms with Gasteiger partial charge < -0.3 is 15.0 Å². The molecule has 128 valence electrons. The third kappa shape index (κ3) is 5.46. The van der Waals surface area contributed by atoms with Crippen LogP contribution in [0.15, 0.2) is 42.6 Å². The number of pyridine rings is 1. The first-order chi connectivity index (χ1) is 11.2. The molecule has 2 rings (SSSR count). The second-order valence-electron chi connectivity index (χ2n) is 6.63. The third-order valence-corrected chi connectivity index (χ3v) is 3.06. The van der Waals surface area contributed by atoms with Crippen LogP contribution < -0.4 is 15.5 Å². The fourth-order valence-corrected chi connectivity index (χ4v) is 1.95. The van der Waals surface area contributed by atoms with Gasteiger partial charge in [0, 0.05) is 25.5 Å². The molecule has 1 heterocycles. The Balaban J connectivity index is 1.95. The number of carbonyl (C=O) groups excluding carboxylic acids is 1. The summed E-state index contributed by atoms with van der Waals surface area (Å²) in [7, 11) is 4.00. The molecule has 0 aliphatic carbocycles. The Bertz CT molecular complexity index is 674. The van der Waals surface area contributed by atoms with Crippen LogP contribution in [-0.4, -0.2) is 30.8 Å². The van der Waals surface area contributed by atoms with Crippen molar-refractivity contribution in [1.29, 1.82) is 0 Å². The summed E-state index contributed by atoms with van der Waals surface area (Å²) in [4.78, 5) is 18.0. The highest BCUT2D eigenvalue weighted by Crippen LogP contribution is 2.20. The summed E-state index contributed by atoms with van der Waals surface area (Å²) in [6, 6.07) is 11.6. The van der Waals surface area contributed by atoms with Gasteiger partial charge in [-0.25, -0.2) is 9.78 Å². The Morgan fingerprint density at radius 3 is 2.17 bits per heavy atom. The topological polar surface area (TPSA) is 66.5 Å². The Hall–Kier alpha value is -2.76. The molecule has 6 heteroatoms. The van der Waals surface area contributed by atoms with Crippen LogP contribution in [0, 0.1) is 0 Å². The van der Waals surface area contributed by atoms with Crippen LogP contribution in [0.25, 0.3) is 0 Å². The van der Waals surface area contributed by atoms with Crippen molar-refractivity contribution in [1.82, 2.24) is 4.98 Å². The van der Waals surface area contributed by atoms with E-state index in [-0.39, 0.29) is 0 Å². The zero-order chi connectivity index (χ0) is 17.7. The van der Waals surface area contributed by atoms with Gasteiger partial charge >= 0.3 is 6.09 Å². The Morgan fingerprint density at radius 2 is 1.67 bits per heavy atom. The summed E-state index contributed by atoms with van der Waals surface area (Å²) in [6.07, 6.45) is 1.09. The standard InChI is InChI=1S/C18H24N4O2/c1-18(2,3)24-17(23)21-14-8-11-16(19-12-14)20-13-6-9-15(10-7-13)22(4)5/h6-12H,1-5H3,(H,19,20)(H,21,23). The van der Waals surface area contributed by atoms with E-state index in [0.717, 1.165) is 11.4 Å². The first-order valence-electron chi connectivity index (χ1n) is 7.73. The van der Waals surface area contributed by atoms with Gasteiger partial charge in [0.25, 0.3) is 0 Å². The number of hydrogen-bond donors (Lipinski definition) is 2. The van der Waals surface area contributed by atoms with Gasteiger partial charge in [-0.3, -0.25) is 5.32 Å². The number of nitrogens with zero attached hydrogens (tertiary/aromatic N) is 2. The van der Waals surface area contributed by atoms with Crippen LogP contribution in [0.4, 0.5) is 27.7 Å². The van der Waals surface area contributed by atoms with Crippen molar-refractivity contribution in [3.63, 3.8) is 0 Å². The highest BCUT2D eigenvalue weighted by Gasteiger charge is 2.16. The van der Waals surface area contributed by atoms with Gasteiger partial charge in [-0.2, -0.15) is 0 Å². The van der Waals surface area contributed by atoms with E-state index >= 15 is 0 Å². The highest BCUT2D eigenvalue weighted by atomic mass is 16.6. The summed E-state index contributed by atoms with van der Waals surface area (Å²) in [5, 5.41) is 5.87. The number of amides is 1. The summed E-state index contributed by atoms with van der Waals surface area (Å²) >= 11 is 0. The molecule has 0 radical (unpaired) electrons. The van der Waals surface area contributed by atoms with E-state index in [1.54, 1.807) is 18.3 Å². The van der Waals surface area contributed by atoms with Crippen molar-refractivity contribution < 1.29 is 9.53 Å². The Kier molecular flexibility index (Phi) is 5.28. The number of benzene rings is 1. The first-order valence-corrected chi connectivity index (χ1v) is 7.73. The van der Waals surface area contributed by atoms with Crippen molar-refractivity contribution in [2.45, 2.75) is 26.4 Å². The van der Waals surface area contributed by atoms with Crippen molar-refractivity contribution in [2.75, 3.05) is 29.6 Å². The maximum Gasteiger partial charge on any atom is 0.412 e. The largest absolute Gasteiger partial charge is 0.444 e. The lowest BCUT2D eigenvalue weighted by molar-refractivity contribution is 0.0636. The second kappa shape index (κ2) is 7.21. The summed E-state index contributed by atoms with van der Waals surface area (Å²) in [6.45, 7) is 5.46. The highest BCUT2D eigenvalue weighted by molar-refractivity contribution is 5.84. The minimum Gasteiger partial charge on any atom is -0.444 e. The molecule has 0 fully saturated rings. The van der Waals surface area contributed by atoms with Crippen molar-refractivity contribution in [3.05, 3.63) is 42.6 Å². The zero-order valence-corrected chi connectivity index (χ0v) is 14.8. The molecule has 1 amide bonds. The molecule has 2 aromatic rings. The molecular weight excluding hydrogens is 304 g/mol. The maximum atomic E-state index is 11.7. The molecule has 0 spiro atoms. The number of carbonyl (C=O) groups is 1. The molecule has 2 N–H and O–H groups in total. The third-order valence-electron chi connectivity index (χ3n) is 3.06. The summed E-state index contributed by atoms with van der Waals surface area (Å²) in [5.41, 5.74) is 2.13. The molecule has 24 heavy (non-hydrogen) atoms. The van der Waals surface area contributed by atoms with Crippen LogP contribution in [0.5, 0.6) is 0 Å². The molecule has 1 aromatic carbocycles. The summed E-state index contributed by atoms with van der Waals surface area (Å²) < 4.78 is 5.20. The van der Waals surface area contributed by atoms with Crippen LogP contribution in [-0.2, 0) is 4.74 Å². The number of ether oxygens (including phenoxy) is 1. The minimum atomic E-state index is -0.530. The van der Waals surface area contributed by atoms with E-state index in [1.165, 1.54) is 0 Å². The van der Waals surface area contributed by atoms with E-state index in [4.69, 9.17) is 4.74 Å². The molecule has 0 aliphatic rings. The molecule has 6 nitrogen and oxygen atoms in total. The lowest BCUT2D eigenvalue weighted by Gasteiger charge is -2.19. The predicted octanol–water partition coefficient (Wildman–Crippen LogP) is 4.24. The Labute approximate surface area is 142 Å². The van der Waals surface area contributed by atoms with E-state index in [1.807, 2.05) is 64.0 Å². The van der Waals surface area contributed by atoms with Gasteiger partial charge in [-0.1, -0.05) is 0 Å². The molecular formula is C18H24N4O2. The monoisotopic (exact) mass is 328 g/mol. The fourth-order valence-electron chi connectivity index (χ4n) is 1.95. The zero-order valence-electron chi connectivity index (χ0n) is 14.8. The van der Waals surface area contributed by atoms with Crippen LogP contribution in [0.1, 0.15) is 20.8 Å². The number of hydrogen-bond acceptors (Lipinski definition) is 5. The minimum absolute atomic E-state index is 0.496. The lowest BCUT2D eigenvalue weighted by atomic mass is 10.2. The number of anilines is 4.